The highest BCUT2D eigenvalue weighted by atomic mass is 16.7. The number of furan rings is 1. The van der Waals surface area contributed by atoms with Gasteiger partial charge in [0.25, 0.3) is 0 Å². The SMILES string of the molecule is CCOc1ccccc1NC(=O)N(CC(=O)N(Cc1ccc2c(c1)OCO2)Cc1ccc(C)o1)CC1CCCO1. The molecule has 10 nitrogen and oxygen atoms in total. The maximum absolute atomic E-state index is 13.8. The Morgan fingerprint density at radius 2 is 1.88 bits per heavy atom. The molecular formula is C30H35N3O7. The smallest absolute Gasteiger partial charge is 0.322 e. The van der Waals surface area contributed by atoms with Crippen molar-refractivity contribution in [3.8, 4) is 17.2 Å². The van der Waals surface area contributed by atoms with E-state index in [9.17, 15) is 9.59 Å². The number of ether oxygens (including phenoxy) is 4. The molecule has 2 aliphatic rings. The van der Waals surface area contributed by atoms with Gasteiger partial charge < -0.3 is 38.5 Å². The van der Waals surface area contributed by atoms with E-state index < -0.39 is 6.03 Å². The van der Waals surface area contributed by atoms with Crippen LogP contribution in [-0.2, 0) is 22.6 Å². The van der Waals surface area contributed by atoms with E-state index in [1.165, 1.54) is 4.90 Å². The maximum Gasteiger partial charge on any atom is 0.322 e. The number of fused-ring (bicyclic) bond motifs is 1. The van der Waals surface area contributed by atoms with E-state index in [0.29, 0.717) is 55.0 Å². The average molecular weight is 550 g/mol. The number of hydrogen-bond acceptors (Lipinski definition) is 7. The maximum atomic E-state index is 13.8. The van der Waals surface area contributed by atoms with Crippen molar-refractivity contribution in [1.29, 1.82) is 0 Å². The van der Waals surface area contributed by atoms with E-state index >= 15 is 0 Å². The summed E-state index contributed by atoms with van der Waals surface area (Å²) in [6.45, 7) is 5.76. The zero-order chi connectivity index (χ0) is 27.9. The van der Waals surface area contributed by atoms with Gasteiger partial charge in [-0.3, -0.25) is 4.79 Å². The van der Waals surface area contributed by atoms with E-state index in [-0.39, 0.29) is 31.9 Å². The lowest BCUT2D eigenvalue weighted by atomic mass is 10.1. The third-order valence-electron chi connectivity index (χ3n) is 6.80. The Morgan fingerprint density at radius 1 is 1.02 bits per heavy atom. The molecule has 0 bridgehead atoms. The quantitative estimate of drug-likeness (QED) is 0.361. The van der Waals surface area contributed by atoms with Crippen molar-refractivity contribution < 1.29 is 33.0 Å². The second-order valence-electron chi connectivity index (χ2n) is 9.82. The number of anilines is 1. The molecule has 1 unspecified atom stereocenters. The van der Waals surface area contributed by atoms with Crippen LogP contribution in [0.1, 0.15) is 36.8 Å². The minimum absolute atomic E-state index is 0.129. The van der Waals surface area contributed by atoms with Crippen LogP contribution in [0.4, 0.5) is 10.5 Å². The van der Waals surface area contributed by atoms with E-state index in [1.807, 2.05) is 56.3 Å². The summed E-state index contributed by atoms with van der Waals surface area (Å²) in [5.41, 5.74) is 1.42. The first-order valence-electron chi connectivity index (χ1n) is 13.6. The fraction of sp³-hybridized carbons (Fsp3) is 0.400. The Bertz CT molecular complexity index is 1320. The van der Waals surface area contributed by atoms with Crippen molar-refractivity contribution in [1.82, 2.24) is 9.80 Å². The number of hydrogen-bond donors (Lipinski definition) is 1. The molecule has 2 aromatic carbocycles. The molecule has 1 aromatic heterocycles. The number of amides is 3. The first kappa shape index (κ1) is 27.4. The van der Waals surface area contributed by atoms with Gasteiger partial charge in [0.15, 0.2) is 11.5 Å². The Hall–Kier alpha value is -4.18. The highest BCUT2D eigenvalue weighted by molar-refractivity contribution is 5.93. The number of para-hydroxylation sites is 2. The zero-order valence-corrected chi connectivity index (χ0v) is 22.9. The highest BCUT2D eigenvalue weighted by Crippen LogP contribution is 2.33. The molecule has 1 fully saturated rings. The number of aryl methyl sites for hydroxylation is 1. The molecule has 0 spiro atoms. The zero-order valence-electron chi connectivity index (χ0n) is 22.9. The molecule has 0 saturated carbocycles. The number of urea groups is 1. The molecule has 3 amide bonds. The summed E-state index contributed by atoms with van der Waals surface area (Å²) in [6.07, 6.45) is 1.63. The molecule has 1 N–H and O–H groups in total. The standard InChI is InChI=1S/C30H35N3O7/c1-3-36-26-9-5-4-8-25(26)31-30(35)33(17-23-7-6-14-37-23)19-29(34)32(18-24-12-10-21(2)40-24)16-22-11-13-27-28(15-22)39-20-38-27/h4-5,8-13,15,23H,3,6-7,14,16-20H2,1-2H3,(H,31,35). The van der Waals surface area contributed by atoms with Crippen molar-refractivity contribution >= 4 is 17.6 Å². The fourth-order valence-electron chi connectivity index (χ4n) is 4.81. The van der Waals surface area contributed by atoms with Crippen LogP contribution in [0.25, 0.3) is 0 Å². The van der Waals surface area contributed by atoms with Gasteiger partial charge in [-0.25, -0.2) is 4.79 Å². The normalized spacial score (nSPS) is 15.6. The number of nitrogens with one attached hydrogen (secondary N) is 1. The Balaban J connectivity index is 1.35. The van der Waals surface area contributed by atoms with Crippen molar-refractivity contribution in [3.05, 3.63) is 71.7 Å². The number of rotatable bonds is 11. The van der Waals surface area contributed by atoms with E-state index in [1.54, 1.807) is 17.0 Å². The van der Waals surface area contributed by atoms with Gasteiger partial charge in [0.2, 0.25) is 12.7 Å². The van der Waals surface area contributed by atoms with Crippen molar-refractivity contribution in [2.24, 2.45) is 0 Å². The molecule has 3 heterocycles. The summed E-state index contributed by atoms with van der Waals surface area (Å²) in [5.74, 6) is 3.09. The van der Waals surface area contributed by atoms with Crippen LogP contribution in [0, 0.1) is 6.92 Å². The summed E-state index contributed by atoms with van der Waals surface area (Å²) < 4.78 is 28.2. The monoisotopic (exact) mass is 549 g/mol. The number of nitrogens with zero attached hydrogens (tertiary/aromatic N) is 2. The summed E-state index contributed by atoms with van der Waals surface area (Å²) in [7, 11) is 0. The van der Waals surface area contributed by atoms with Gasteiger partial charge >= 0.3 is 6.03 Å². The average Bonchev–Trinajstić information content (AvgIpc) is 3.72. The van der Waals surface area contributed by atoms with E-state index in [4.69, 9.17) is 23.4 Å². The van der Waals surface area contributed by atoms with Gasteiger partial charge in [-0.05, 0) is 68.7 Å². The number of carbonyl (C=O) groups is 2. The lowest BCUT2D eigenvalue weighted by molar-refractivity contribution is -0.133. The van der Waals surface area contributed by atoms with Crippen LogP contribution in [0.3, 0.4) is 0 Å². The lowest BCUT2D eigenvalue weighted by Gasteiger charge is -2.29. The highest BCUT2D eigenvalue weighted by Gasteiger charge is 2.28. The van der Waals surface area contributed by atoms with Crippen molar-refractivity contribution in [3.63, 3.8) is 0 Å². The molecule has 0 aliphatic carbocycles. The molecule has 212 valence electrons. The molecule has 0 radical (unpaired) electrons. The largest absolute Gasteiger partial charge is 0.492 e. The number of benzene rings is 2. The van der Waals surface area contributed by atoms with E-state index in [0.717, 1.165) is 24.2 Å². The minimum Gasteiger partial charge on any atom is -0.492 e. The summed E-state index contributed by atoms with van der Waals surface area (Å²) in [4.78, 5) is 30.6. The fourth-order valence-corrected chi connectivity index (χ4v) is 4.81. The van der Waals surface area contributed by atoms with Gasteiger partial charge in [-0.2, -0.15) is 0 Å². The Kier molecular flexibility index (Phi) is 8.75. The van der Waals surface area contributed by atoms with Gasteiger partial charge in [0, 0.05) is 19.7 Å². The number of carbonyl (C=O) groups excluding carboxylic acids is 2. The second kappa shape index (κ2) is 12.8. The molecular weight excluding hydrogens is 514 g/mol. The van der Waals surface area contributed by atoms with E-state index in [2.05, 4.69) is 5.32 Å². The molecule has 2 aliphatic heterocycles. The molecule has 1 saturated heterocycles. The van der Waals surface area contributed by atoms with Crippen LogP contribution in [-0.4, -0.2) is 60.9 Å². The summed E-state index contributed by atoms with van der Waals surface area (Å²) >= 11 is 0. The van der Waals surface area contributed by atoms with Gasteiger partial charge in [-0.15, -0.1) is 0 Å². The Labute approximate surface area is 233 Å². The van der Waals surface area contributed by atoms with Gasteiger partial charge in [0.1, 0.15) is 23.8 Å². The molecule has 5 rings (SSSR count). The van der Waals surface area contributed by atoms with Crippen LogP contribution in [0.5, 0.6) is 17.2 Å². The minimum atomic E-state index is -0.395. The molecule has 10 heteroatoms. The molecule has 1 atom stereocenters. The van der Waals surface area contributed by atoms with Crippen molar-refractivity contribution in [2.45, 2.75) is 45.9 Å². The predicted molar refractivity (Wildman–Crippen MR) is 147 cm³/mol. The van der Waals surface area contributed by atoms with Gasteiger partial charge in [-0.1, -0.05) is 18.2 Å². The second-order valence-corrected chi connectivity index (χ2v) is 9.82. The Morgan fingerprint density at radius 3 is 2.65 bits per heavy atom. The van der Waals surface area contributed by atoms with Crippen LogP contribution in [0.2, 0.25) is 0 Å². The summed E-state index contributed by atoms with van der Waals surface area (Å²) in [6, 6.07) is 16.2. The summed E-state index contributed by atoms with van der Waals surface area (Å²) in [5, 5.41) is 2.93. The van der Waals surface area contributed by atoms with Crippen LogP contribution < -0.4 is 19.5 Å². The first-order valence-corrected chi connectivity index (χ1v) is 13.6. The topological polar surface area (TPSA) is 103 Å². The molecule has 3 aromatic rings. The molecule has 40 heavy (non-hydrogen) atoms. The predicted octanol–water partition coefficient (Wildman–Crippen LogP) is 4.96. The van der Waals surface area contributed by atoms with Crippen LogP contribution >= 0.6 is 0 Å². The van der Waals surface area contributed by atoms with Crippen molar-refractivity contribution in [2.75, 3.05) is 38.4 Å². The first-order chi connectivity index (χ1) is 19.5. The lowest BCUT2D eigenvalue weighted by Crippen LogP contribution is -2.46. The third-order valence-corrected chi connectivity index (χ3v) is 6.80. The van der Waals surface area contributed by atoms with Gasteiger partial charge in [0.05, 0.1) is 24.9 Å². The third kappa shape index (κ3) is 6.87. The van der Waals surface area contributed by atoms with Crippen LogP contribution in [0.15, 0.2) is 59.0 Å².